The van der Waals surface area contributed by atoms with Crippen LogP contribution in [0.15, 0.2) is 0 Å². The maximum atomic E-state index is 13.4. The lowest BCUT2D eigenvalue weighted by Gasteiger charge is -2.22. The highest BCUT2D eigenvalue weighted by molar-refractivity contribution is 6.39. The maximum absolute atomic E-state index is 13.4. The van der Waals surface area contributed by atoms with Crippen LogP contribution in [0.2, 0.25) is 10.0 Å². The van der Waals surface area contributed by atoms with E-state index in [4.69, 9.17) is 38.4 Å². The van der Waals surface area contributed by atoms with Gasteiger partial charge in [0.15, 0.2) is 6.10 Å². The molecule has 0 aliphatic heterocycles. The topological polar surface area (TPSA) is 74.4 Å². The van der Waals surface area contributed by atoms with Crippen molar-refractivity contribution in [1.82, 2.24) is 4.98 Å². The average Bonchev–Trinajstić information content (AvgIpc) is 2.31. The Morgan fingerprint density at radius 3 is 2.40 bits per heavy atom. The molecule has 112 valence electrons. The Bertz CT molecular complexity index is 532. The summed E-state index contributed by atoms with van der Waals surface area (Å²) in [5, 5.41) is -0.556. The molecule has 1 aromatic heterocycles. The van der Waals surface area contributed by atoms with Crippen LogP contribution < -0.4 is 10.5 Å². The van der Waals surface area contributed by atoms with Gasteiger partial charge in [-0.15, -0.1) is 0 Å². The van der Waals surface area contributed by atoms with Crippen LogP contribution in [0.1, 0.15) is 27.7 Å². The molecule has 0 amide bonds. The van der Waals surface area contributed by atoms with E-state index in [-0.39, 0.29) is 16.6 Å². The zero-order valence-electron chi connectivity index (χ0n) is 11.5. The van der Waals surface area contributed by atoms with Crippen molar-refractivity contribution >= 4 is 34.9 Å². The summed E-state index contributed by atoms with van der Waals surface area (Å²) in [5.74, 6) is -1.98. The van der Waals surface area contributed by atoms with Gasteiger partial charge in [0, 0.05) is 0 Å². The Morgan fingerprint density at radius 2 is 1.90 bits per heavy atom. The van der Waals surface area contributed by atoms with E-state index in [1.165, 1.54) is 6.92 Å². The summed E-state index contributed by atoms with van der Waals surface area (Å²) in [6.45, 7) is 6.56. The van der Waals surface area contributed by atoms with E-state index in [0.29, 0.717) is 0 Å². The number of carbonyl (C=O) groups is 1. The first kappa shape index (κ1) is 16.8. The van der Waals surface area contributed by atoms with Gasteiger partial charge in [0.1, 0.15) is 15.6 Å². The number of carbonyl (C=O) groups excluding carboxylic acids is 1. The van der Waals surface area contributed by atoms with Gasteiger partial charge in [-0.25, -0.2) is 4.79 Å². The molecule has 0 aliphatic rings. The highest BCUT2D eigenvalue weighted by atomic mass is 35.5. The molecule has 1 rings (SSSR count). The molecule has 1 atom stereocenters. The van der Waals surface area contributed by atoms with E-state index < -0.39 is 28.6 Å². The van der Waals surface area contributed by atoms with Crippen molar-refractivity contribution in [2.24, 2.45) is 0 Å². The molecule has 0 fully saturated rings. The van der Waals surface area contributed by atoms with Crippen LogP contribution in [-0.4, -0.2) is 22.7 Å². The molecular weight excluding hydrogens is 310 g/mol. The van der Waals surface area contributed by atoms with Crippen LogP contribution in [0.3, 0.4) is 0 Å². The van der Waals surface area contributed by atoms with E-state index in [1.807, 2.05) is 0 Å². The molecule has 1 heterocycles. The van der Waals surface area contributed by atoms with Crippen LogP contribution in [0.25, 0.3) is 0 Å². The van der Waals surface area contributed by atoms with Crippen LogP contribution >= 0.6 is 23.2 Å². The Kier molecular flexibility index (Phi) is 5.05. The predicted molar refractivity (Wildman–Crippen MR) is 74.6 cm³/mol. The molecule has 8 heteroatoms. The molecule has 0 bridgehead atoms. The predicted octanol–water partition coefficient (Wildman–Crippen LogP) is 3.22. The summed E-state index contributed by atoms with van der Waals surface area (Å²) in [7, 11) is 0. The van der Waals surface area contributed by atoms with E-state index >= 15 is 0 Å². The van der Waals surface area contributed by atoms with Gasteiger partial charge in [-0.2, -0.15) is 9.37 Å². The second-order valence-corrected chi connectivity index (χ2v) is 5.80. The lowest BCUT2D eigenvalue weighted by atomic mass is 10.2. The summed E-state index contributed by atoms with van der Waals surface area (Å²) in [6.07, 6.45) is -1.03. The molecule has 0 radical (unpaired) electrons. The minimum atomic E-state index is -1.03. The van der Waals surface area contributed by atoms with Crippen molar-refractivity contribution in [2.75, 3.05) is 5.73 Å². The molecular formula is C12H15Cl2FN2O3. The van der Waals surface area contributed by atoms with E-state index in [2.05, 4.69) is 4.98 Å². The third-order valence-corrected chi connectivity index (χ3v) is 2.79. The Morgan fingerprint density at radius 1 is 1.35 bits per heavy atom. The number of nitrogen functional groups attached to an aromatic ring is 1. The molecule has 2 N–H and O–H groups in total. The Hall–Kier alpha value is -1.27. The minimum Gasteiger partial charge on any atom is -0.461 e. The van der Waals surface area contributed by atoms with Gasteiger partial charge >= 0.3 is 5.97 Å². The van der Waals surface area contributed by atoms with Crippen molar-refractivity contribution in [3.05, 3.63) is 16.0 Å². The van der Waals surface area contributed by atoms with Gasteiger partial charge in [0.2, 0.25) is 11.8 Å². The number of hydrogen-bond acceptors (Lipinski definition) is 5. The van der Waals surface area contributed by atoms with Crippen LogP contribution in [0.4, 0.5) is 10.1 Å². The highest BCUT2D eigenvalue weighted by Crippen LogP contribution is 2.35. The van der Waals surface area contributed by atoms with Crippen LogP contribution in [0, 0.1) is 5.95 Å². The second kappa shape index (κ2) is 6.01. The summed E-state index contributed by atoms with van der Waals surface area (Å²) < 4.78 is 23.6. The number of anilines is 1. The Labute approximate surface area is 126 Å². The summed E-state index contributed by atoms with van der Waals surface area (Å²) in [4.78, 5) is 15.2. The summed E-state index contributed by atoms with van der Waals surface area (Å²) >= 11 is 11.4. The van der Waals surface area contributed by atoms with Crippen molar-refractivity contribution < 1.29 is 18.7 Å². The number of rotatable bonds is 3. The first-order chi connectivity index (χ1) is 9.03. The lowest BCUT2D eigenvalue weighted by molar-refractivity contribution is -0.162. The fourth-order valence-electron chi connectivity index (χ4n) is 1.19. The molecule has 20 heavy (non-hydrogen) atoms. The lowest BCUT2D eigenvalue weighted by Crippen LogP contribution is -2.33. The fourth-order valence-corrected chi connectivity index (χ4v) is 1.55. The first-order valence-corrected chi connectivity index (χ1v) is 6.48. The van der Waals surface area contributed by atoms with Crippen molar-refractivity contribution in [2.45, 2.75) is 39.4 Å². The minimum absolute atomic E-state index is 0.160. The van der Waals surface area contributed by atoms with Crippen molar-refractivity contribution in [3.63, 3.8) is 0 Å². The first-order valence-electron chi connectivity index (χ1n) is 5.72. The largest absolute Gasteiger partial charge is 0.461 e. The molecule has 0 saturated heterocycles. The average molecular weight is 325 g/mol. The molecule has 0 aliphatic carbocycles. The third kappa shape index (κ3) is 4.11. The number of hydrogen-bond donors (Lipinski definition) is 1. The molecule has 0 aromatic carbocycles. The van der Waals surface area contributed by atoms with E-state index in [0.717, 1.165) is 0 Å². The van der Waals surface area contributed by atoms with E-state index in [1.54, 1.807) is 20.8 Å². The normalized spacial score (nSPS) is 12.9. The number of pyridine rings is 1. The zero-order chi connectivity index (χ0) is 15.7. The molecule has 1 aromatic rings. The SMILES string of the molecule is C[C@@H](Oc1nc(F)c(Cl)c(N)c1Cl)C(=O)OC(C)(C)C. The summed E-state index contributed by atoms with van der Waals surface area (Å²) in [6, 6.07) is 0. The van der Waals surface area contributed by atoms with Crippen LogP contribution in [0.5, 0.6) is 5.88 Å². The van der Waals surface area contributed by atoms with Gasteiger partial charge in [-0.3, -0.25) is 0 Å². The number of aromatic nitrogens is 1. The van der Waals surface area contributed by atoms with Gasteiger partial charge in [-0.05, 0) is 27.7 Å². The van der Waals surface area contributed by atoms with E-state index in [9.17, 15) is 9.18 Å². The van der Waals surface area contributed by atoms with Crippen molar-refractivity contribution in [1.29, 1.82) is 0 Å². The number of halogens is 3. The fraction of sp³-hybridized carbons (Fsp3) is 0.500. The smallest absolute Gasteiger partial charge is 0.347 e. The number of nitrogens with zero attached hydrogens (tertiary/aromatic N) is 1. The summed E-state index contributed by atoms with van der Waals surface area (Å²) in [5.41, 5.74) is 4.62. The van der Waals surface area contributed by atoms with Gasteiger partial charge in [-0.1, -0.05) is 23.2 Å². The number of ether oxygens (including phenoxy) is 2. The molecule has 0 spiro atoms. The Balaban J connectivity index is 2.92. The van der Waals surface area contributed by atoms with Gasteiger partial charge < -0.3 is 15.2 Å². The quantitative estimate of drug-likeness (QED) is 0.682. The highest BCUT2D eigenvalue weighted by Gasteiger charge is 2.25. The zero-order valence-corrected chi connectivity index (χ0v) is 13.0. The molecule has 5 nitrogen and oxygen atoms in total. The number of esters is 1. The molecule has 0 saturated carbocycles. The third-order valence-electron chi connectivity index (χ3n) is 2.07. The monoisotopic (exact) mass is 324 g/mol. The maximum Gasteiger partial charge on any atom is 0.347 e. The standard InChI is InChI=1S/C12H15Cl2FN2O3/c1-5(11(18)20-12(2,3)4)19-10-7(14)8(16)6(13)9(15)17-10/h5H,1-4H3,(H2,16,17)/t5-/m1/s1. The van der Waals surface area contributed by atoms with Crippen molar-refractivity contribution in [3.8, 4) is 5.88 Å². The number of nitrogens with two attached hydrogens (primary N) is 1. The second-order valence-electron chi connectivity index (χ2n) is 5.04. The van der Waals surface area contributed by atoms with Gasteiger partial charge in [0.05, 0.1) is 5.69 Å². The molecule has 0 unspecified atom stereocenters. The van der Waals surface area contributed by atoms with Crippen LogP contribution in [-0.2, 0) is 9.53 Å². The van der Waals surface area contributed by atoms with Gasteiger partial charge in [0.25, 0.3) is 0 Å².